The van der Waals surface area contributed by atoms with Gasteiger partial charge in [0, 0.05) is 37.1 Å². The Morgan fingerprint density at radius 1 is 1.18 bits per heavy atom. The molecule has 2 aromatic rings. The Hall–Kier alpha value is -2.19. The van der Waals surface area contributed by atoms with Gasteiger partial charge in [-0.1, -0.05) is 0 Å². The van der Waals surface area contributed by atoms with Crippen LogP contribution in [0.15, 0.2) is 47.5 Å². The van der Waals surface area contributed by atoms with Gasteiger partial charge in [-0.15, -0.1) is 0 Å². The summed E-state index contributed by atoms with van der Waals surface area (Å²) in [5.41, 5.74) is 0.816. The number of sulfonamides is 1. The van der Waals surface area contributed by atoms with Gasteiger partial charge in [0.2, 0.25) is 10.0 Å². The fourth-order valence-corrected chi connectivity index (χ4v) is 4.36. The summed E-state index contributed by atoms with van der Waals surface area (Å²) in [5, 5.41) is 10.7. The van der Waals surface area contributed by atoms with E-state index >= 15 is 0 Å². The first-order valence-corrected chi connectivity index (χ1v) is 8.26. The Bertz CT molecular complexity index is 811. The summed E-state index contributed by atoms with van der Waals surface area (Å²) >= 11 is 0. The van der Waals surface area contributed by atoms with Crippen molar-refractivity contribution in [2.24, 2.45) is 0 Å². The maximum absolute atomic E-state index is 12.8. The maximum Gasteiger partial charge on any atom is 0.269 e. The van der Waals surface area contributed by atoms with E-state index in [1.54, 1.807) is 0 Å². The molecule has 8 heteroatoms. The minimum Gasteiger partial charge on any atom is -0.349 e. The number of nitro benzene ring substituents is 1. The zero-order valence-corrected chi connectivity index (χ0v) is 12.7. The molecule has 0 spiro atoms. The van der Waals surface area contributed by atoms with E-state index in [1.165, 1.54) is 28.6 Å². The average molecular weight is 321 g/mol. The van der Waals surface area contributed by atoms with Gasteiger partial charge in [-0.2, -0.15) is 4.31 Å². The standard InChI is InChI=1S/C14H15N3O4S/c1-11-14-3-2-8-15(14)9-10-16(11)22(20,21)13-6-4-12(5-7-13)17(18)19/h2-8,11H,9-10H2,1H3/t11-/m1/s1. The van der Waals surface area contributed by atoms with Gasteiger partial charge >= 0.3 is 0 Å². The van der Waals surface area contributed by atoms with Gasteiger partial charge in [0.15, 0.2) is 0 Å². The van der Waals surface area contributed by atoms with Gasteiger partial charge in [0.25, 0.3) is 5.69 Å². The molecule has 0 aliphatic carbocycles. The lowest BCUT2D eigenvalue weighted by Crippen LogP contribution is -2.40. The number of nitro groups is 1. The fourth-order valence-electron chi connectivity index (χ4n) is 2.76. The Labute approximate surface area is 128 Å². The van der Waals surface area contributed by atoms with Gasteiger partial charge in [-0.3, -0.25) is 10.1 Å². The quantitative estimate of drug-likeness (QED) is 0.640. The van der Waals surface area contributed by atoms with Crippen LogP contribution < -0.4 is 0 Å². The highest BCUT2D eigenvalue weighted by Gasteiger charge is 2.33. The first-order chi connectivity index (χ1) is 10.4. The highest BCUT2D eigenvalue weighted by Crippen LogP contribution is 2.31. The topological polar surface area (TPSA) is 85.5 Å². The summed E-state index contributed by atoms with van der Waals surface area (Å²) in [5.74, 6) is 0. The first-order valence-electron chi connectivity index (χ1n) is 6.82. The predicted octanol–water partition coefficient (Wildman–Crippen LogP) is 2.16. The summed E-state index contributed by atoms with van der Waals surface area (Å²) in [4.78, 5) is 10.2. The van der Waals surface area contributed by atoms with E-state index in [2.05, 4.69) is 0 Å². The number of non-ortho nitro benzene ring substituents is 1. The van der Waals surface area contributed by atoms with Crippen LogP contribution in [-0.2, 0) is 16.6 Å². The molecule has 1 atom stereocenters. The van der Waals surface area contributed by atoms with Crippen molar-refractivity contribution in [2.75, 3.05) is 6.54 Å². The minimum atomic E-state index is -3.68. The molecule has 2 heterocycles. The number of benzene rings is 1. The second kappa shape index (κ2) is 5.22. The molecule has 3 rings (SSSR count). The number of aromatic nitrogens is 1. The Balaban J connectivity index is 1.95. The molecule has 7 nitrogen and oxygen atoms in total. The molecule has 0 N–H and O–H groups in total. The molecule has 22 heavy (non-hydrogen) atoms. The molecule has 1 aliphatic heterocycles. The van der Waals surface area contributed by atoms with Crippen molar-refractivity contribution in [1.29, 1.82) is 0 Å². The average Bonchev–Trinajstić information content (AvgIpc) is 2.97. The summed E-state index contributed by atoms with van der Waals surface area (Å²) in [6.07, 6.45) is 1.93. The third-order valence-corrected chi connectivity index (χ3v) is 5.92. The van der Waals surface area contributed by atoms with E-state index in [0.29, 0.717) is 13.1 Å². The zero-order valence-electron chi connectivity index (χ0n) is 11.9. The third kappa shape index (κ3) is 2.30. The van der Waals surface area contributed by atoms with Gasteiger partial charge in [-0.05, 0) is 31.2 Å². The molecule has 0 radical (unpaired) electrons. The lowest BCUT2D eigenvalue weighted by Gasteiger charge is -2.33. The maximum atomic E-state index is 12.8. The molecular formula is C14H15N3O4S. The van der Waals surface area contributed by atoms with E-state index in [1.807, 2.05) is 29.8 Å². The smallest absolute Gasteiger partial charge is 0.269 e. The van der Waals surface area contributed by atoms with Crippen LogP contribution in [0.25, 0.3) is 0 Å². The van der Waals surface area contributed by atoms with E-state index in [0.717, 1.165) is 5.69 Å². The second-order valence-corrected chi connectivity index (χ2v) is 7.06. The van der Waals surface area contributed by atoms with Crippen LogP contribution in [0.4, 0.5) is 5.69 Å². The molecule has 0 amide bonds. The number of nitrogens with zero attached hydrogens (tertiary/aromatic N) is 3. The molecule has 1 aromatic carbocycles. The summed E-state index contributed by atoms with van der Waals surface area (Å²) in [6.45, 7) is 2.81. The van der Waals surface area contributed by atoms with E-state index < -0.39 is 14.9 Å². The number of hydrogen-bond acceptors (Lipinski definition) is 4. The van der Waals surface area contributed by atoms with Gasteiger partial charge in [-0.25, -0.2) is 8.42 Å². The molecule has 0 unspecified atom stereocenters. The second-order valence-electron chi connectivity index (χ2n) is 5.17. The van der Waals surface area contributed by atoms with Crippen LogP contribution in [0.2, 0.25) is 0 Å². The van der Waals surface area contributed by atoms with Crippen molar-refractivity contribution in [3.63, 3.8) is 0 Å². The van der Waals surface area contributed by atoms with Crippen LogP contribution >= 0.6 is 0 Å². The molecular weight excluding hydrogens is 306 g/mol. The number of rotatable bonds is 3. The normalized spacial score (nSPS) is 18.9. The van der Waals surface area contributed by atoms with E-state index in [4.69, 9.17) is 0 Å². The molecule has 0 saturated carbocycles. The van der Waals surface area contributed by atoms with Crippen LogP contribution in [0, 0.1) is 10.1 Å². The van der Waals surface area contributed by atoms with Crippen molar-refractivity contribution in [3.05, 3.63) is 58.4 Å². The summed E-state index contributed by atoms with van der Waals surface area (Å²) < 4.78 is 29.0. The van der Waals surface area contributed by atoms with Crippen molar-refractivity contribution in [2.45, 2.75) is 24.4 Å². The monoisotopic (exact) mass is 321 g/mol. The molecule has 1 aliphatic rings. The Morgan fingerprint density at radius 3 is 2.50 bits per heavy atom. The Morgan fingerprint density at radius 2 is 1.86 bits per heavy atom. The highest BCUT2D eigenvalue weighted by atomic mass is 32.2. The molecule has 1 aromatic heterocycles. The van der Waals surface area contributed by atoms with Gasteiger partial charge in [0.05, 0.1) is 15.9 Å². The largest absolute Gasteiger partial charge is 0.349 e. The van der Waals surface area contributed by atoms with Crippen molar-refractivity contribution in [3.8, 4) is 0 Å². The number of fused-ring (bicyclic) bond motifs is 1. The highest BCUT2D eigenvalue weighted by molar-refractivity contribution is 7.89. The van der Waals surface area contributed by atoms with Gasteiger partial charge < -0.3 is 4.57 Å². The van der Waals surface area contributed by atoms with Crippen molar-refractivity contribution < 1.29 is 13.3 Å². The molecule has 0 saturated heterocycles. The SMILES string of the molecule is C[C@@H]1c2cccn2CCN1S(=O)(=O)c1ccc([N+](=O)[O-])cc1. The Kier molecular flexibility index (Phi) is 3.50. The molecule has 0 bridgehead atoms. The van der Waals surface area contributed by atoms with Crippen LogP contribution in [0.5, 0.6) is 0 Å². The summed E-state index contributed by atoms with van der Waals surface area (Å²) in [6, 6.07) is 8.52. The van der Waals surface area contributed by atoms with E-state index in [9.17, 15) is 18.5 Å². The number of hydrogen-bond donors (Lipinski definition) is 0. The van der Waals surface area contributed by atoms with Crippen molar-refractivity contribution in [1.82, 2.24) is 8.87 Å². The third-order valence-electron chi connectivity index (χ3n) is 3.94. The molecule has 116 valence electrons. The van der Waals surface area contributed by atoms with Gasteiger partial charge in [0.1, 0.15) is 0 Å². The van der Waals surface area contributed by atoms with Crippen LogP contribution in [0.3, 0.4) is 0 Å². The zero-order chi connectivity index (χ0) is 15.9. The minimum absolute atomic E-state index is 0.0740. The molecule has 0 fully saturated rings. The summed E-state index contributed by atoms with van der Waals surface area (Å²) in [7, 11) is -3.68. The van der Waals surface area contributed by atoms with Crippen molar-refractivity contribution >= 4 is 15.7 Å². The van der Waals surface area contributed by atoms with Crippen LogP contribution in [0.1, 0.15) is 18.7 Å². The van der Waals surface area contributed by atoms with Crippen LogP contribution in [-0.4, -0.2) is 28.8 Å². The lowest BCUT2D eigenvalue weighted by atomic mass is 10.2. The fraction of sp³-hybridized carbons (Fsp3) is 0.286. The van der Waals surface area contributed by atoms with E-state index in [-0.39, 0.29) is 16.6 Å². The lowest BCUT2D eigenvalue weighted by molar-refractivity contribution is -0.384. The first kappa shape index (κ1) is 14.7. The predicted molar refractivity (Wildman–Crippen MR) is 79.8 cm³/mol.